The molecule has 1 aromatic rings. The molecule has 0 aliphatic rings. The Labute approximate surface area is 77.2 Å². The molecule has 2 N–H and O–H groups in total. The van der Waals surface area contributed by atoms with E-state index >= 15 is 0 Å². The van der Waals surface area contributed by atoms with E-state index in [1.54, 1.807) is 6.20 Å². The van der Waals surface area contributed by atoms with Crippen LogP contribution in [0.2, 0.25) is 0 Å². The summed E-state index contributed by atoms with van der Waals surface area (Å²) in [7, 11) is 1.88. The first-order chi connectivity index (χ1) is 6.33. The molecule has 0 fully saturated rings. The van der Waals surface area contributed by atoms with Crippen molar-refractivity contribution >= 4 is 0 Å². The van der Waals surface area contributed by atoms with Crippen LogP contribution in [0.25, 0.3) is 0 Å². The first-order valence-corrected chi connectivity index (χ1v) is 4.15. The Morgan fingerprint density at radius 3 is 3.15 bits per heavy atom. The van der Waals surface area contributed by atoms with Crippen LogP contribution in [0.5, 0.6) is 0 Å². The van der Waals surface area contributed by atoms with Gasteiger partial charge in [-0.2, -0.15) is 0 Å². The zero-order chi connectivity index (χ0) is 9.52. The first-order valence-electron chi connectivity index (χ1n) is 4.15. The number of rotatable bonds is 2. The molecule has 0 amide bonds. The van der Waals surface area contributed by atoms with Crippen LogP contribution >= 0.6 is 0 Å². The standard InChI is InChI=1S/C10H12N2O/c1-11-6-3-2-4-9-8-10(13)5-7-12-9/h5,7-8,11H,3,6H2,1H3,(H,12,13). The summed E-state index contributed by atoms with van der Waals surface area (Å²) in [6.07, 6.45) is 2.39. The fraction of sp³-hybridized carbons (Fsp3) is 0.300. The smallest absolute Gasteiger partial charge is 0.182 e. The highest BCUT2D eigenvalue weighted by atomic mass is 16.1. The van der Waals surface area contributed by atoms with Gasteiger partial charge in [0.2, 0.25) is 0 Å². The van der Waals surface area contributed by atoms with Gasteiger partial charge in [0, 0.05) is 31.3 Å². The van der Waals surface area contributed by atoms with Crippen LogP contribution in [0.1, 0.15) is 12.1 Å². The molecule has 0 radical (unpaired) electrons. The summed E-state index contributed by atoms with van der Waals surface area (Å²) < 4.78 is 0. The predicted molar refractivity (Wildman–Crippen MR) is 52.5 cm³/mol. The lowest BCUT2D eigenvalue weighted by Crippen LogP contribution is -2.06. The van der Waals surface area contributed by atoms with Crippen LogP contribution in [0, 0.1) is 11.8 Å². The van der Waals surface area contributed by atoms with Crippen LogP contribution in [0.4, 0.5) is 0 Å². The summed E-state index contributed by atoms with van der Waals surface area (Å²) in [5.41, 5.74) is 0.653. The SMILES string of the molecule is CNCCC#Cc1cc(=O)cc[nH]1. The molecule has 0 bridgehead atoms. The second kappa shape index (κ2) is 5.18. The lowest BCUT2D eigenvalue weighted by atomic mass is 10.3. The van der Waals surface area contributed by atoms with E-state index in [2.05, 4.69) is 22.1 Å². The molecule has 68 valence electrons. The van der Waals surface area contributed by atoms with E-state index in [9.17, 15) is 4.79 Å². The molecular weight excluding hydrogens is 164 g/mol. The molecule has 0 spiro atoms. The van der Waals surface area contributed by atoms with E-state index in [0.29, 0.717) is 5.69 Å². The van der Waals surface area contributed by atoms with Crippen molar-refractivity contribution in [2.45, 2.75) is 6.42 Å². The molecule has 0 unspecified atom stereocenters. The van der Waals surface area contributed by atoms with Gasteiger partial charge in [0.05, 0.1) is 5.69 Å². The first kappa shape index (κ1) is 9.56. The van der Waals surface area contributed by atoms with E-state index in [4.69, 9.17) is 0 Å². The lowest BCUT2D eigenvalue weighted by molar-refractivity contribution is 0.818. The van der Waals surface area contributed by atoms with Crippen molar-refractivity contribution in [2.24, 2.45) is 0 Å². The van der Waals surface area contributed by atoms with Crippen molar-refractivity contribution in [2.75, 3.05) is 13.6 Å². The molecule has 3 nitrogen and oxygen atoms in total. The van der Waals surface area contributed by atoms with Gasteiger partial charge in [-0.3, -0.25) is 4.79 Å². The summed E-state index contributed by atoms with van der Waals surface area (Å²) in [6.45, 7) is 0.865. The second-order valence-electron chi connectivity index (χ2n) is 2.59. The molecule has 0 saturated heterocycles. The van der Waals surface area contributed by atoms with Crippen LogP contribution in [-0.2, 0) is 0 Å². The van der Waals surface area contributed by atoms with Crippen molar-refractivity contribution < 1.29 is 0 Å². The fourth-order valence-corrected chi connectivity index (χ4v) is 0.863. The quantitative estimate of drug-likeness (QED) is 0.504. The van der Waals surface area contributed by atoms with E-state index in [1.165, 1.54) is 12.1 Å². The number of hydrogen-bond donors (Lipinski definition) is 2. The van der Waals surface area contributed by atoms with E-state index in [0.717, 1.165) is 13.0 Å². The minimum absolute atomic E-state index is 0.0170. The van der Waals surface area contributed by atoms with Crippen molar-refractivity contribution in [3.8, 4) is 11.8 Å². The maximum absolute atomic E-state index is 10.9. The number of nitrogens with one attached hydrogen (secondary N) is 2. The number of pyridine rings is 1. The van der Waals surface area contributed by atoms with Crippen molar-refractivity contribution in [3.63, 3.8) is 0 Å². The minimum Gasteiger partial charge on any atom is -0.355 e. The van der Waals surface area contributed by atoms with Crippen LogP contribution in [0.15, 0.2) is 23.1 Å². The summed E-state index contributed by atoms with van der Waals surface area (Å²) in [6, 6.07) is 2.96. The summed E-state index contributed by atoms with van der Waals surface area (Å²) in [5, 5.41) is 2.99. The highest BCUT2D eigenvalue weighted by Gasteiger charge is 1.85. The van der Waals surface area contributed by atoms with E-state index in [1.807, 2.05) is 7.05 Å². The Kier molecular flexibility index (Phi) is 3.80. The second-order valence-corrected chi connectivity index (χ2v) is 2.59. The highest BCUT2D eigenvalue weighted by Crippen LogP contribution is 1.84. The molecule has 3 heteroatoms. The Balaban J connectivity index is 2.61. The van der Waals surface area contributed by atoms with Crippen LogP contribution in [-0.4, -0.2) is 18.6 Å². The van der Waals surface area contributed by atoms with Crippen LogP contribution < -0.4 is 10.7 Å². The van der Waals surface area contributed by atoms with Gasteiger partial charge in [0.25, 0.3) is 0 Å². The summed E-state index contributed by atoms with van der Waals surface area (Å²) >= 11 is 0. The predicted octanol–water partition coefficient (Wildman–Crippen LogP) is 0.336. The van der Waals surface area contributed by atoms with Gasteiger partial charge in [0.15, 0.2) is 5.43 Å². The lowest BCUT2D eigenvalue weighted by Gasteiger charge is -1.89. The van der Waals surface area contributed by atoms with Crippen molar-refractivity contribution in [1.82, 2.24) is 10.3 Å². The molecule has 0 saturated carbocycles. The number of hydrogen-bond acceptors (Lipinski definition) is 2. The van der Waals surface area contributed by atoms with Crippen molar-refractivity contribution in [3.05, 3.63) is 34.2 Å². The van der Waals surface area contributed by atoms with Gasteiger partial charge in [0.1, 0.15) is 0 Å². The maximum atomic E-state index is 10.9. The molecule has 1 heterocycles. The number of H-pyrrole nitrogens is 1. The molecule has 0 aromatic carbocycles. The van der Waals surface area contributed by atoms with Gasteiger partial charge in [-0.1, -0.05) is 5.92 Å². The zero-order valence-electron chi connectivity index (χ0n) is 7.55. The largest absolute Gasteiger partial charge is 0.355 e. The molecule has 1 aromatic heterocycles. The molecule has 13 heavy (non-hydrogen) atoms. The molecule has 0 aliphatic heterocycles. The topological polar surface area (TPSA) is 44.9 Å². The third-order valence-electron chi connectivity index (χ3n) is 1.50. The third kappa shape index (κ3) is 3.59. The molecule has 1 rings (SSSR count). The fourth-order valence-electron chi connectivity index (χ4n) is 0.863. The summed E-state index contributed by atoms with van der Waals surface area (Å²) in [5.74, 6) is 5.82. The Hall–Kier alpha value is -1.53. The van der Waals surface area contributed by atoms with Crippen molar-refractivity contribution in [1.29, 1.82) is 0 Å². The van der Waals surface area contributed by atoms with Crippen LogP contribution in [0.3, 0.4) is 0 Å². The van der Waals surface area contributed by atoms with E-state index in [-0.39, 0.29) is 5.43 Å². The Bertz CT molecular complexity index is 370. The highest BCUT2D eigenvalue weighted by molar-refractivity contribution is 5.26. The molecular formula is C10H12N2O. The van der Waals surface area contributed by atoms with Gasteiger partial charge >= 0.3 is 0 Å². The normalized spacial score (nSPS) is 9.00. The third-order valence-corrected chi connectivity index (χ3v) is 1.50. The number of aromatic nitrogens is 1. The van der Waals surface area contributed by atoms with E-state index < -0.39 is 0 Å². The Morgan fingerprint density at radius 2 is 2.46 bits per heavy atom. The van der Waals surface area contributed by atoms with Gasteiger partial charge < -0.3 is 10.3 Å². The molecule has 0 aliphatic carbocycles. The van der Waals surface area contributed by atoms with Gasteiger partial charge in [-0.25, -0.2) is 0 Å². The van der Waals surface area contributed by atoms with Gasteiger partial charge in [-0.15, -0.1) is 0 Å². The molecule has 0 atom stereocenters. The maximum Gasteiger partial charge on any atom is 0.182 e. The zero-order valence-corrected chi connectivity index (χ0v) is 7.55. The minimum atomic E-state index is -0.0170. The van der Waals surface area contributed by atoms with Gasteiger partial charge in [-0.05, 0) is 13.0 Å². The Morgan fingerprint density at radius 1 is 1.62 bits per heavy atom. The number of aromatic amines is 1. The average molecular weight is 176 g/mol. The average Bonchev–Trinajstić information content (AvgIpc) is 2.13. The monoisotopic (exact) mass is 176 g/mol. The summed E-state index contributed by atoms with van der Waals surface area (Å²) in [4.78, 5) is 13.8.